The van der Waals surface area contributed by atoms with Gasteiger partial charge in [0.05, 0.1) is 10.5 Å². The first-order chi connectivity index (χ1) is 15.2. The van der Waals surface area contributed by atoms with Crippen LogP contribution in [0.1, 0.15) is 60.0 Å². The lowest BCUT2D eigenvalue weighted by Gasteiger charge is -2.34. The molecular formula is C24H29N3O3S2. The number of rotatable bonds is 4. The van der Waals surface area contributed by atoms with E-state index in [-0.39, 0.29) is 10.8 Å². The predicted molar refractivity (Wildman–Crippen MR) is 126 cm³/mol. The van der Waals surface area contributed by atoms with Crippen LogP contribution in [-0.2, 0) is 22.9 Å². The number of hydrogen-bond donors (Lipinski definition) is 1. The van der Waals surface area contributed by atoms with Crippen LogP contribution >= 0.6 is 11.3 Å². The third kappa shape index (κ3) is 4.47. The Morgan fingerprint density at radius 2 is 1.78 bits per heavy atom. The number of carbonyl (C=O) groups is 1. The fourth-order valence-corrected chi connectivity index (χ4v) is 7.90. The number of hydrogen-bond acceptors (Lipinski definition) is 5. The number of anilines is 1. The molecule has 3 atom stereocenters. The van der Waals surface area contributed by atoms with Crippen LogP contribution in [0.4, 0.5) is 5.00 Å². The number of sulfonamides is 1. The molecule has 1 N–H and O–H groups in total. The Morgan fingerprint density at radius 3 is 2.41 bits per heavy atom. The van der Waals surface area contributed by atoms with Gasteiger partial charge in [0.15, 0.2) is 0 Å². The number of piperidine rings is 1. The van der Waals surface area contributed by atoms with Crippen molar-refractivity contribution in [3.63, 3.8) is 0 Å². The fourth-order valence-electron chi connectivity index (χ4n) is 4.86. The monoisotopic (exact) mass is 471 g/mol. The number of fused-ring (bicyclic) bond motifs is 1. The van der Waals surface area contributed by atoms with Gasteiger partial charge in [0.2, 0.25) is 10.0 Å². The van der Waals surface area contributed by atoms with Crippen molar-refractivity contribution >= 4 is 32.3 Å². The third-order valence-electron chi connectivity index (χ3n) is 6.44. The maximum atomic E-state index is 13.1. The molecule has 0 spiro atoms. The number of nitrogens with one attached hydrogen (secondary N) is 1. The van der Waals surface area contributed by atoms with Gasteiger partial charge in [-0.15, -0.1) is 11.3 Å². The van der Waals surface area contributed by atoms with Crippen molar-refractivity contribution in [3.05, 3.63) is 45.8 Å². The van der Waals surface area contributed by atoms with E-state index in [1.165, 1.54) is 28.3 Å². The highest BCUT2D eigenvalue weighted by Gasteiger charge is 2.32. The van der Waals surface area contributed by atoms with E-state index < -0.39 is 10.0 Å². The zero-order chi connectivity index (χ0) is 23.0. The van der Waals surface area contributed by atoms with E-state index in [1.54, 1.807) is 16.4 Å². The summed E-state index contributed by atoms with van der Waals surface area (Å²) in [4.78, 5) is 14.2. The minimum atomic E-state index is -3.59. The lowest BCUT2D eigenvalue weighted by molar-refractivity contribution is 0.102. The molecule has 32 heavy (non-hydrogen) atoms. The second kappa shape index (κ2) is 8.97. The maximum Gasteiger partial charge on any atom is 0.256 e. The average molecular weight is 472 g/mol. The second-order valence-electron chi connectivity index (χ2n) is 9.41. The van der Waals surface area contributed by atoms with Crippen LogP contribution < -0.4 is 5.32 Å². The summed E-state index contributed by atoms with van der Waals surface area (Å²) in [5.74, 6) is 0.897. The summed E-state index contributed by atoms with van der Waals surface area (Å²) < 4.78 is 27.7. The van der Waals surface area contributed by atoms with E-state index in [2.05, 4.69) is 32.2 Å². The number of carbonyl (C=O) groups excluding carboxylic acids is 1. The van der Waals surface area contributed by atoms with Crippen molar-refractivity contribution in [3.8, 4) is 6.07 Å². The van der Waals surface area contributed by atoms with Gasteiger partial charge in [-0.2, -0.15) is 9.57 Å². The van der Waals surface area contributed by atoms with Crippen LogP contribution in [0.3, 0.4) is 0 Å². The molecule has 170 valence electrons. The molecule has 1 aromatic carbocycles. The molecule has 0 unspecified atom stereocenters. The van der Waals surface area contributed by atoms with E-state index in [0.29, 0.717) is 47.0 Å². The molecule has 1 aliphatic heterocycles. The quantitative estimate of drug-likeness (QED) is 0.702. The van der Waals surface area contributed by atoms with Gasteiger partial charge in [-0.25, -0.2) is 8.42 Å². The molecule has 6 nitrogen and oxygen atoms in total. The van der Waals surface area contributed by atoms with Crippen molar-refractivity contribution in [2.24, 2.45) is 17.8 Å². The summed E-state index contributed by atoms with van der Waals surface area (Å²) in [5.41, 5.74) is 2.00. The summed E-state index contributed by atoms with van der Waals surface area (Å²) in [6.07, 6.45) is 3.88. The largest absolute Gasteiger partial charge is 0.312 e. The van der Waals surface area contributed by atoms with Gasteiger partial charge in [-0.1, -0.05) is 20.8 Å². The smallest absolute Gasteiger partial charge is 0.256 e. The Morgan fingerprint density at radius 1 is 1.12 bits per heavy atom. The standard InChI is InChI=1S/C24H29N3O3S2/c1-15-4-9-20-21(12-25)24(31-22(20)11-15)26-23(28)18-5-7-19(8-6-18)32(29,30)27-13-16(2)10-17(3)14-27/h5-8,15-17H,4,9-11,13-14H2,1-3H3,(H,26,28)/t15-,16-,17-/m0/s1. The Kier molecular flexibility index (Phi) is 6.44. The SMILES string of the molecule is C[C@H]1CCc2c(sc(NC(=O)c3ccc(S(=O)(=O)N4C[C@@H](C)C[C@H](C)C4)cc3)c2C#N)C1. The van der Waals surface area contributed by atoms with Crippen molar-refractivity contribution in [1.29, 1.82) is 5.26 Å². The van der Waals surface area contributed by atoms with Crippen LogP contribution in [0.2, 0.25) is 0 Å². The van der Waals surface area contributed by atoms with Gasteiger partial charge < -0.3 is 5.32 Å². The Hall–Kier alpha value is -2.21. The van der Waals surface area contributed by atoms with Crippen LogP contribution in [0.5, 0.6) is 0 Å². The van der Waals surface area contributed by atoms with Crippen LogP contribution in [0, 0.1) is 29.1 Å². The molecule has 2 aliphatic rings. The zero-order valence-corrected chi connectivity index (χ0v) is 20.4. The highest BCUT2D eigenvalue weighted by Crippen LogP contribution is 2.39. The molecule has 0 bridgehead atoms. The van der Waals surface area contributed by atoms with E-state index in [1.807, 2.05) is 0 Å². The van der Waals surface area contributed by atoms with Gasteiger partial charge in [0.25, 0.3) is 5.91 Å². The summed E-state index contributed by atoms with van der Waals surface area (Å²) in [6, 6.07) is 8.34. The molecule has 4 rings (SSSR count). The maximum absolute atomic E-state index is 13.1. The molecule has 1 fully saturated rings. The molecule has 1 aliphatic carbocycles. The normalized spacial score (nSPS) is 23.9. The van der Waals surface area contributed by atoms with E-state index in [9.17, 15) is 18.5 Å². The lowest BCUT2D eigenvalue weighted by Crippen LogP contribution is -2.42. The van der Waals surface area contributed by atoms with Crippen molar-refractivity contribution in [2.45, 2.75) is 51.3 Å². The zero-order valence-electron chi connectivity index (χ0n) is 18.7. The summed E-state index contributed by atoms with van der Waals surface area (Å²) in [6.45, 7) is 7.39. The first kappa shape index (κ1) is 23.0. The Balaban J connectivity index is 1.51. The number of thiophene rings is 1. The van der Waals surface area contributed by atoms with Crippen molar-refractivity contribution in [2.75, 3.05) is 18.4 Å². The van der Waals surface area contributed by atoms with E-state index in [0.717, 1.165) is 31.2 Å². The number of nitrogens with zero attached hydrogens (tertiary/aromatic N) is 2. The summed E-state index contributed by atoms with van der Waals surface area (Å²) >= 11 is 1.48. The van der Waals surface area contributed by atoms with E-state index in [4.69, 9.17) is 0 Å². The molecule has 1 amide bonds. The van der Waals surface area contributed by atoms with Crippen molar-refractivity contribution < 1.29 is 13.2 Å². The minimum Gasteiger partial charge on any atom is -0.312 e. The molecular weight excluding hydrogens is 442 g/mol. The molecule has 2 heterocycles. The fraction of sp³-hybridized carbons (Fsp3) is 0.500. The predicted octanol–water partition coefficient (Wildman–Crippen LogP) is 4.66. The molecule has 1 saturated heterocycles. The average Bonchev–Trinajstić information content (AvgIpc) is 3.08. The van der Waals surface area contributed by atoms with Crippen LogP contribution in [-0.4, -0.2) is 31.7 Å². The summed E-state index contributed by atoms with van der Waals surface area (Å²) in [7, 11) is -3.59. The Bertz CT molecular complexity index is 1150. The van der Waals surface area contributed by atoms with Gasteiger partial charge in [-0.3, -0.25) is 4.79 Å². The second-order valence-corrected chi connectivity index (χ2v) is 12.5. The lowest BCUT2D eigenvalue weighted by atomic mass is 9.88. The van der Waals surface area contributed by atoms with Gasteiger partial charge in [-0.05, 0) is 73.3 Å². The minimum absolute atomic E-state index is 0.202. The molecule has 1 aromatic heterocycles. The van der Waals surface area contributed by atoms with E-state index >= 15 is 0 Å². The molecule has 0 saturated carbocycles. The topological polar surface area (TPSA) is 90.3 Å². The first-order valence-electron chi connectivity index (χ1n) is 11.1. The number of benzene rings is 1. The third-order valence-corrected chi connectivity index (χ3v) is 9.46. The van der Waals surface area contributed by atoms with Crippen molar-refractivity contribution in [1.82, 2.24) is 4.31 Å². The molecule has 0 radical (unpaired) electrons. The van der Waals surface area contributed by atoms with Gasteiger partial charge in [0, 0.05) is 23.5 Å². The van der Waals surface area contributed by atoms with Gasteiger partial charge >= 0.3 is 0 Å². The number of amides is 1. The molecule has 8 heteroatoms. The summed E-state index contributed by atoms with van der Waals surface area (Å²) in [5, 5.41) is 13.1. The van der Waals surface area contributed by atoms with Gasteiger partial charge in [0.1, 0.15) is 11.1 Å². The highest BCUT2D eigenvalue weighted by molar-refractivity contribution is 7.89. The first-order valence-corrected chi connectivity index (χ1v) is 13.4. The number of nitriles is 1. The van der Waals surface area contributed by atoms with Crippen LogP contribution in [0.15, 0.2) is 29.2 Å². The Labute approximate surface area is 194 Å². The molecule has 2 aromatic rings. The van der Waals surface area contributed by atoms with Crippen LogP contribution in [0.25, 0.3) is 0 Å². The highest BCUT2D eigenvalue weighted by atomic mass is 32.2.